The molecule has 2 aliphatic carbocycles. The van der Waals surface area contributed by atoms with E-state index in [-0.39, 0.29) is 12.0 Å². The van der Waals surface area contributed by atoms with Gasteiger partial charge in [0.05, 0.1) is 34.6 Å². The van der Waals surface area contributed by atoms with Gasteiger partial charge in [0.2, 0.25) is 0 Å². The summed E-state index contributed by atoms with van der Waals surface area (Å²) in [5, 5.41) is 26.7. The predicted molar refractivity (Wildman–Crippen MR) is 157 cm³/mol. The van der Waals surface area contributed by atoms with Gasteiger partial charge >= 0.3 is 12.2 Å². The highest BCUT2D eigenvalue weighted by atomic mass is 19.4. The number of piperidine rings is 1. The van der Waals surface area contributed by atoms with Gasteiger partial charge in [-0.2, -0.15) is 23.4 Å². The van der Waals surface area contributed by atoms with E-state index in [4.69, 9.17) is 14.8 Å². The Hall–Kier alpha value is -3.39. The summed E-state index contributed by atoms with van der Waals surface area (Å²) in [6.45, 7) is 6.47. The van der Waals surface area contributed by atoms with Crippen LogP contribution < -0.4 is 10.2 Å². The Morgan fingerprint density at radius 2 is 2.00 bits per heavy atom. The SMILES string of the molecule is COC1CN(c2nn(CC(C)C)c3cc(-c4[nH]ncc4NC(=O)N4C(C5CCC5)CC(O)(C(F)(F)F)CC45CC5)ncc23)C1. The number of carbonyl (C=O) groups excluding carboxylic acids is 1. The normalized spacial score (nSPS) is 25.5. The lowest BCUT2D eigenvalue weighted by Gasteiger charge is -2.53. The number of pyridine rings is 1. The van der Waals surface area contributed by atoms with Crippen LogP contribution in [-0.2, 0) is 11.3 Å². The molecule has 14 heteroatoms. The van der Waals surface area contributed by atoms with Gasteiger partial charge in [0.15, 0.2) is 11.4 Å². The van der Waals surface area contributed by atoms with E-state index in [9.17, 15) is 23.1 Å². The number of nitrogens with zero attached hydrogens (tertiary/aromatic N) is 6. The highest BCUT2D eigenvalue weighted by molar-refractivity contribution is 5.96. The van der Waals surface area contributed by atoms with Crippen LogP contribution in [0.3, 0.4) is 0 Å². The van der Waals surface area contributed by atoms with E-state index in [0.717, 1.165) is 49.1 Å². The highest BCUT2D eigenvalue weighted by Crippen LogP contribution is 2.59. The number of anilines is 2. The summed E-state index contributed by atoms with van der Waals surface area (Å²) >= 11 is 0. The third-order valence-corrected chi connectivity index (χ3v) is 10.1. The molecule has 3 N–H and O–H groups in total. The number of aromatic amines is 1. The maximum atomic E-state index is 14.0. The van der Waals surface area contributed by atoms with E-state index in [1.807, 2.05) is 10.7 Å². The van der Waals surface area contributed by atoms with Crippen LogP contribution in [0.4, 0.5) is 29.5 Å². The molecule has 7 rings (SSSR count). The molecule has 0 bridgehead atoms. The first-order valence-corrected chi connectivity index (χ1v) is 15.5. The quantitative estimate of drug-likeness (QED) is 0.344. The number of ether oxygens (including phenoxy) is 1. The zero-order chi connectivity index (χ0) is 31.0. The van der Waals surface area contributed by atoms with Crippen molar-refractivity contribution in [1.82, 2.24) is 29.9 Å². The van der Waals surface area contributed by atoms with Gasteiger partial charge in [-0.1, -0.05) is 20.3 Å². The highest BCUT2D eigenvalue weighted by Gasteiger charge is 2.68. The van der Waals surface area contributed by atoms with Crippen LogP contribution in [0, 0.1) is 11.8 Å². The number of likely N-dealkylation sites (tertiary alicyclic amines) is 1. The molecule has 2 saturated carbocycles. The molecule has 2 saturated heterocycles. The number of urea groups is 1. The average Bonchev–Trinajstić information content (AvgIpc) is 3.32. The van der Waals surface area contributed by atoms with Gasteiger partial charge < -0.3 is 25.0 Å². The molecule has 4 aliphatic rings. The third kappa shape index (κ3) is 4.81. The van der Waals surface area contributed by atoms with Crippen molar-refractivity contribution in [2.75, 3.05) is 30.4 Å². The topological polar surface area (TPSA) is 124 Å². The Kier molecular flexibility index (Phi) is 6.88. The monoisotopic (exact) mass is 616 g/mol. The number of fused-ring (bicyclic) bond motifs is 1. The lowest BCUT2D eigenvalue weighted by molar-refractivity contribution is -0.285. The molecule has 4 fully saturated rings. The first-order valence-electron chi connectivity index (χ1n) is 15.5. The fraction of sp³-hybridized carbons (Fsp3) is 0.667. The Morgan fingerprint density at radius 3 is 2.61 bits per heavy atom. The molecule has 2 aliphatic heterocycles. The largest absolute Gasteiger partial charge is 0.417 e. The molecule has 2 amide bonds. The van der Waals surface area contributed by atoms with Gasteiger partial charge in [0.25, 0.3) is 0 Å². The zero-order valence-corrected chi connectivity index (χ0v) is 25.2. The van der Waals surface area contributed by atoms with Crippen LogP contribution in [0.5, 0.6) is 0 Å². The summed E-state index contributed by atoms with van der Waals surface area (Å²) < 4.78 is 49.5. The number of halogens is 3. The van der Waals surface area contributed by atoms with E-state index in [1.165, 1.54) is 6.20 Å². The van der Waals surface area contributed by atoms with Gasteiger partial charge in [-0.15, -0.1) is 0 Å². The number of aromatic nitrogens is 5. The Morgan fingerprint density at radius 1 is 1.25 bits per heavy atom. The maximum absolute atomic E-state index is 14.0. The molecule has 0 radical (unpaired) electrons. The van der Waals surface area contributed by atoms with Gasteiger partial charge in [-0.3, -0.25) is 14.8 Å². The number of nitrogens with one attached hydrogen (secondary N) is 2. The maximum Gasteiger partial charge on any atom is 0.417 e. The van der Waals surface area contributed by atoms with Crippen molar-refractivity contribution in [3.05, 3.63) is 18.5 Å². The fourth-order valence-corrected chi connectivity index (χ4v) is 7.26. The van der Waals surface area contributed by atoms with Crippen LogP contribution >= 0.6 is 0 Å². The zero-order valence-electron chi connectivity index (χ0n) is 25.2. The molecule has 5 heterocycles. The number of hydrogen-bond acceptors (Lipinski definition) is 7. The number of aliphatic hydroxyl groups is 1. The number of methoxy groups -OCH3 is 1. The fourth-order valence-electron chi connectivity index (χ4n) is 7.26. The van der Waals surface area contributed by atoms with Crippen molar-refractivity contribution >= 4 is 28.4 Å². The minimum absolute atomic E-state index is 0.0682. The molecule has 44 heavy (non-hydrogen) atoms. The van der Waals surface area contributed by atoms with Crippen molar-refractivity contribution in [2.24, 2.45) is 11.8 Å². The van der Waals surface area contributed by atoms with Crippen molar-refractivity contribution < 1.29 is 27.8 Å². The molecular weight excluding hydrogens is 577 g/mol. The number of hydrogen-bond donors (Lipinski definition) is 3. The van der Waals surface area contributed by atoms with Gasteiger partial charge in [-0.25, -0.2) is 4.79 Å². The molecule has 11 nitrogen and oxygen atoms in total. The van der Waals surface area contributed by atoms with Crippen LogP contribution in [-0.4, -0.2) is 90.7 Å². The van der Waals surface area contributed by atoms with Gasteiger partial charge in [0, 0.05) is 57.4 Å². The van der Waals surface area contributed by atoms with Crippen LogP contribution in [0.15, 0.2) is 18.5 Å². The molecule has 0 aromatic carbocycles. The predicted octanol–water partition coefficient (Wildman–Crippen LogP) is 4.93. The minimum atomic E-state index is -4.75. The number of amides is 2. The summed E-state index contributed by atoms with van der Waals surface area (Å²) in [7, 11) is 1.71. The van der Waals surface area contributed by atoms with E-state index < -0.39 is 42.2 Å². The van der Waals surface area contributed by atoms with Crippen LogP contribution in [0.2, 0.25) is 0 Å². The molecule has 3 aromatic rings. The number of carbonyl (C=O) groups is 1. The Balaban J connectivity index is 1.18. The number of H-pyrrole nitrogens is 1. The second kappa shape index (κ2) is 10.3. The molecular formula is C30H39F3N8O3. The number of alkyl halides is 3. The Labute approximate surface area is 253 Å². The van der Waals surface area contributed by atoms with Crippen molar-refractivity contribution in [2.45, 2.75) is 94.8 Å². The molecule has 2 unspecified atom stereocenters. The van der Waals surface area contributed by atoms with Crippen molar-refractivity contribution in [3.8, 4) is 11.4 Å². The standard InChI is InChI=1S/C30H39F3N8O3/c1-17(2)13-40-23-9-21(34-11-20(23)26(38-40)39-14-19(15-39)44-3)25-22(12-35-37-25)36-27(42)41-24(18-5-4-6-18)10-29(43,30(31,32)33)16-28(41)7-8-28/h9,11-12,17-19,24,43H,4-8,10,13-16H2,1-3H3,(H,35,37)(H,36,42). The second-order valence-corrected chi connectivity index (χ2v) is 13.6. The van der Waals surface area contributed by atoms with Crippen LogP contribution in [0.25, 0.3) is 22.3 Å². The summed E-state index contributed by atoms with van der Waals surface area (Å²) in [5.74, 6) is 1.14. The summed E-state index contributed by atoms with van der Waals surface area (Å²) in [4.78, 5) is 22.4. The van der Waals surface area contributed by atoms with Gasteiger partial charge in [0.1, 0.15) is 5.69 Å². The first-order chi connectivity index (χ1) is 20.9. The molecule has 238 valence electrons. The van der Waals surface area contributed by atoms with E-state index in [2.05, 4.69) is 34.3 Å². The third-order valence-electron chi connectivity index (χ3n) is 10.1. The lowest BCUT2D eigenvalue weighted by atomic mass is 9.70. The lowest BCUT2D eigenvalue weighted by Crippen LogP contribution is -2.66. The Bertz CT molecular complexity index is 1560. The smallest absolute Gasteiger partial charge is 0.380 e. The summed E-state index contributed by atoms with van der Waals surface area (Å²) in [6, 6.07) is 0.763. The molecule has 3 aromatic heterocycles. The van der Waals surface area contributed by atoms with E-state index in [1.54, 1.807) is 18.2 Å². The summed E-state index contributed by atoms with van der Waals surface area (Å²) in [6.07, 6.45) is 0.962. The molecule has 1 spiro atoms. The molecule has 2 atom stereocenters. The number of rotatable bonds is 7. The summed E-state index contributed by atoms with van der Waals surface area (Å²) in [5.41, 5.74) is -1.46. The van der Waals surface area contributed by atoms with Gasteiger partial charge in [-0.05, 0) is 43.6 Å². The van der Waals surface area contributed by atoms with Crippen molar-refractivity contribution in [3.63, 3.8) is 0 Å². The first kappa shape index (κ1) is 29.3. The van der Waals surface area contributed by atoms with Crippen LogP contribution in [0.1, 0.15) is 58.8 Å². The van der Waals surface area contributed by atoms with Crippen molar-refractivity contribution in [1.29, 1.82) is 0 Å². The minimum Gasteiger partial charge on any atom is -0.380 e. The van der Waals surface area contributed by atoms with E-state index >= 15 is 0 Å². The van der Waals surface area contributed by atoms with E-state index in [0.29, 0.717) is 42.4 Å². The average molecular weight is 617 g/mol. The second-order valence-electron chi connectivity index (χ2n) is 13.6.